The van der Waals surface area contributed by atoms with E-state index in [-0.39, 0.29) is 0 Å². The highest BCUT2D eigenvalue weighted by Gasteiger charge is 2.16. The van der Waals surface area contributed by atoms with Crippen LogP contribution in [-0.4, -0.2) is 10.2 Å². The molecule has 96 valence electrons. The second kappa shape index (κ2) is 4.55. The molecule has 3 N–H and O–H groups in total. The summed E-state index contributed by atoms with van der Waals surface area (Å²) in [7, 11) is 0. The molecule has 1 aromatic carbocycles. The van der Waals surface area contributed by atoms with Crippen LogP contribution in [0.5, 0.6) is 0 Å². The first-order valence-electron chi connectivity index (χ1n) is 6.12. The lowest BCUT2D eigenvalue weighted by molar-refractivity contribution is 1.10. The second-order valence-corrected chi connectivity index (χ2v) is 5.60. The molecule has 0 aliphatic carbocycles. The molecule has 2 heterocycles. The average Bonchev–Trinajstić information content (AvgIpc) is 3.01. The number of anilines is 1. The van der Waals surface area contributed by atoms with Gasteiger partial charge in [-0.3, -0.25) is 5.10 Å². The summed E-state index contributed by atoms with van der Waals surface area (Å²) in [4.78, 5) is 1.14. The number of rotatable bonds is 2. The minimum absolute atomic E-state index is 0.554. The molecule has 0 bridgehead atoms. The van der Waals surface area contributed by atoms with Crippen molar-refractivity contribution in [2.75, 3.05) is 5.73 Å². The molecule has 0 atom stereocenters. The van der Waals surface area contributed by atoms with Gasteiger partial charge < -0.3 is 5.73 Å². The predicted octanol–water partition coefficient (Wildman–Crippen LogP) is 4.00. The van der Waals surface area contributed by atoms with Crippen LogP contribution in [0.1, 0.15) is 11.1 Å². The molecular weight excluding hydrogens is 254 g/mol. The summed E-state index contributed by atoms with van der Waals surface area (Å²) in [6.07, 6.45) is 0. The number of nitrogens with one attached hydrogen (secondary N) is 1. The molecule has 0 saturated carbocycles. The molecule has 4 heteroatoms. The second-order valence-electron chi connectivity index (χ2n) is 4.65. The van der Waals surface area contributed by atoms with Gasteiger partial charge in [0.15, 0.2) is 5.82 Å². The number of nitrogens with zero attached hydrogens (tertiary/aromatic N) is 1. The fourth-order valence-electron chi connectivity index (χ4n) is 2.23. The third-order valence-corrected chi connectivity index (χ3v) is 4.11. The maximum Gasteiger partial charge on any atom is 0.154 e. The van der Waals surface area contributed by atoms with Crippen molar-refractivity contribution < 1.29 is 0 Å². The number of thiophene rings is 1. The van der Waals surface area contributed by atoms with Crippen molar-refractivity contribution in [1.29, 1.82) is 0 Å². The summed E-state index contributed by atoms with van der Waals surface area (Å²) in [6, 6.07) is 10.5. The summed E-state index contributed by atoms with van der Waals surface area (Å²) in [5, 5.41) is 9.31. The van der Waals surface area contributed by atoms with Gasteiger partial charge in [-0.05, 0) is 36.9 Å². The van der Waals surface area contributed by atoms with E-state index in [4.69, 9.17) is 5.73 Å². The smallest absolute Gasteiger partial charge is 0.154 e. The maximum absolute atomic E-state index is 6.02. The lowest BCUT2D eigenvalue weighted by Crippen LogP contribution is -1.89. The highest BCUT2D eigenvalue weighted by atomic mass is 32.1. The maximum atomic E-state index is 6.02. The number of nitrogen functional groups attached to an aromatic ring is 1. The number of hydrogen-bond donors (Lipinski definition) is 2. The molecule has 0 aliphatic rings. The van der Waals surface area contributed by atoms with E-state index in [9.17, 15) is 0 Å². The molecule has 0 aliphatic heterocycles. The first-order chi connectivity index (χ1) is 9.16. The standard InChI is InChI=1S/C15H15N3S/c1-9-5-6-10(2)11(8-9)14-13(15(16)18-17-14)12-4-3-7-19-12/h3-8H,1-2H3,(H3,16,17,18). The zero-order chi connectivity index (χ0) is 13.4. The molecule has 2 aromatic heterocycles. The zero-order valence-corrected chi connectivity index (χ0v) is 11.7. The first kappa shape index (κ1) is 12.0. The van der Waals surface area contributed by atoms with Crippen LogP contribution in [0.2, 0.25) is 0 Å². The van der Waals surface area contributed by atoms with E-state index < -0.39 is 0 Å². The van der Waals surface area contributed by atoms with E-state index in [1.807, 2.05) is 6.07 Å². The third-order valence-electron chi connectivity index (χ3n) is 3.22. The van der Waals surface area contributed by atoms with Crippen molar-refractivity contribution >= 4 is 17.2 Å². The van der Waals surface area contributed by atoms with E-state index in [1.54, 1.807) is 11.3 Å². The van der Waals surface area contributed by atoms with Crippen LogP contribution in [0.25, 0.3) is 21.7 Å². The van der Waals surface area contributed by atoms with E-state index in [1.165, 1.54) is 11.1 Å². The Morgan fingerprint density at radius 2 is 2.05 bits per heavy atom. The van der Waals surface area contributed by atoms with E-state index in [0.29, 0.717) is 5.82 Å². The number of H-pyrrole nitrogens is 1. The summed E-state index contributed by atoms with van der Waals surface area (Å²) in [5.74, 6) is 0.554. The lowest BCUT2D eigenvalue weighted by Gasteiger charge is -2.07. The van der Waals surface area contributed by atoms with Gasteiger partial charge in [0.2, 0.25) is 0 Å². The third kappa shape index (κ3) is 2.04. The normalized spacial score (nSPS) is 10.8. The largest absolute Gasteiger partial charge is 0.382 e. The fraction of sp³-hybridized carbons (Fsp3) is 0.133. The molecule has 0 saturated heterocycles. The molecular formula is C15H15N3S. The van der Waals surface area contributed by atoms with Crippen LogP contribution >= 0.6 is 11.3 Å². The van der Waals surface area contributed by atoms with Gasteiger partial charge >= 0.3 is 0 Å². The predicted molar refractivity (Wildman–Crippen MR) is 81.2 cm³/mol. The van der Waals surface area contributed by atoms with Crippen molar-refractivity contribution in [2.24, 2.45) is 0 Å². The van der Waals surface area contributed by atoms with Gasteiger partial charge in [-0.2, -0.15) is 5.10 Å². The molecule has 0 radical (unpaired) electrons. The van der Waals surface area contributed by atoms with Gasteiger partial charge in [0.1, 0.15) is 0 Å². The number of hydrogen-bond acceptors (Lipinski definition) is 3. The molecule has 19 heavy (non-hydrogen) atoms. The Balaban J connectivity index is 2.24. The Hall–Kier alpha value is -2.07. The van der Waals surface area contributed by atoms with Crippen LogP contribution in [0.4, 0.5) is 5.82 Å². The van der Waals surface area contributed by atoms with Crippen molar-refractivity contribution in [3.05, 3.63) is 46.8 Å². The van der Waals surface area contributed by atoms with Crippen molar-refractivity contribution in [2.45, 2.75) is 13.8 Å². The van der Waals surface area contributed by atoms with Crippen LogP contribution in [-0.2, 0) is 0 Å². The number of aromatic nitrogens is 2. The van der Waals surface area contributed by atoms with Crippen molar-refractivity contribution in [1.82, 2.24) is 10.2 Å². The molecule has 3 nitrogen and oxygen atoms in total. The van der Waals surface area contributed by atoms with Crippen LogP contribution in [0.3, 0.4) is 0 Å². The molecule has 0 spiro atoms. The minimum Gasteiger partial charge on any atom is -0.382 e. The number of aryl methyl sites for hydroxylation is 2. The molecule has 0 fully saturated rings. The summed E-state index contributed by atoms with van der Waals surface area (Å²) in [6.45, 7) is 4.19. The first-order valence-corrected chi connectivity index (χ1v) is 7.00. The van der Waals surface area contributed by atoms with Crippen LogP contribution in [0.15, 0.2) is 35.7 Å². The van der Waals surface area contributed by atoms with E-state index >= 15 is 0 Å². The van der Waals surface area contributed by atoms with E-state index in [0.717, 1.165) is 21.7 Å². The summed E-state index contributed by atoms with van der Waals surface area (Å²) >= 11 is 1.67. The fourth-order valence-corrected chi connectivity index (χ4v) is 3.01. The summed E-state index contributed by atoms with van der Waals surface area (Å²) < 4.78 is 0. The quantitative estimate of drug-likeness (QED) is 0.738. The Labute approximate surface area is 116 Å². The van der Waals surface area contributed by atoms with E-state index in [2.05, 4.69) is 53.7 Å². The van der Waals surface area contributed by atoms with Gasteiger partial charge in [0.25, 0.3) is 0 Å². The number of aromatic amines is 1. The topological polar surface area (TPSA) is 54.7 Å². The zero-order valence-electron chi connectivity index (χ0n) is 10.9. The Bertz CT molecular complexity index is 711. The minimum atomic E-state index is 0.554. The Morgan fingerprint density at radius 1 is 1.21 bits per heavy atom. The van der Waals surface area contributed by atoms with Gasteiger partial charge in [0, 0.05) is 10.4 Å². The van der Waals surface area contributed by atoms with Gasteiger partial charge in [0.05, 0.1) is 11.3 Å². The number of benzene rings is 1. The SMILES string of the molecule is Cc1ccc(C)c(-c2[nH]nc(N)c2-c2cccs2)c1. The highest BCUT2D eigenvalue weighted by Crippen LogP contribution is 2.38. The molecule has 0 amide bonds. The lowest BCUT2D eigenvalue weighted by atomic mass is 9.99. The van der Waals surface area contributed by atoms with Gasteiger partial charge in [-0.15, -0.1) is 11.3 Å². The monoisotopic (exact) mass is 269 g/mol. The van der Waals surface area contributed by atoms with Crippen LogP contribution in [0, 0.1) is 13.8 Å². The Kier molecular flexibility index (Phi) is 2.87. The van der Waals surface area contributed by atoms with Crippen molar-refractivity contribution in [3.8, 4) is 21.7 Å². The summed E-state index contributed by atoms with van der Waals surface area (Å²) in [5.41, 5.74) is 11.6. The number of nitrogens with two attached hydrogens (primary N) is 1. The Morgan fingerprint density at radius 3 is 2.79 bits per heavy atom. The molecule has 3 aromatic rings. The van der Waals surface area contributed by atoms with Gasteiger partial charge in [-0.1, -0.05) is 23.8 Å². The molecule has 0 unspecified atom stereocenters. The molecule has 3 rings (SSSR count). The van der Waals surface area contributed by atoms with Crippen molar-refractivity contribution in [3.63, 3.8) is 0 Å². The highest BCUT2D eigenvalue weighted by molar-refractivity contribution is 7.13. The average molecular weight is 269 g/mol. The van der Waals surface area contributed by atoms with Crippen LogP contribution < -0.4 is 5.73 Å². The van der Waals surface area contributed by atoms with Gasteiger partial charge in [-0.25, -0.2) is 0 Å².